The molecule has 82 valence electrons. The van der Waals surface area contributed by atoms with Crippen LogP contribution in [0.2, 0.25) is 0 Å². The van der Waals surface area contributed by atoms with Gasteiger partial charge in [0, 0.05) is 0 Å². The molecule has 0 atom stereocenters. The third-order valence-corrected chi connectivity index (χ3v) is 3.81. The highest BCUT2D eigenvalue weighted by atomic mass is 14.4. The Hall–Kier alpha value is -0.780. The average Bonchev–Trinajstić information content (AvgIpc) is 2.56. The van der Waals surface area contributed by atoms with Crippen molar-refractivity contribution in [1.82, 2.24) is 0 Å². The number of rotatable bonds is 4. The summed E-state index contributed by atoms with van der Waals surface area (Å²) in [5.41, 5.74) is 3.83. The lowest BCUT2D eigenvalue weighted by molar-refractivity contribution is 0.250. The van der Waals surface area contributed by atoms with E-state index in [4.69, 9.17) is 0 Å². The molecule has 0 heterocycles. The molecule has 0 aliphatic heterocycles. The van der Waals surface area contributed by atoms with Crippen LogP contribution < -0.4 is 0 Å². The Bertz CT molecular complexity index is 292. The van der Waals surface area contributed by atoms with Gasteiger partial charge in [0.2, 0.25) is 0 Å². The molecule has 2 rings (SSSR count). The second-order valence-electron chi connectivity index (χ2n) is 5.12. The fourth-order valence-electron chi connectivity index (χ4n) is 3.31. The van der Waals surface area contributed by atoms with Crippen molar-refractivity contribution < 1.29 is 0 Å². The molecule has 0 aromatic heterocycles. The van der Waals surface area contributed by atoms with Crippen molar-refractivity contribution in [2.24, 2.45) is 5.41 Å². The molecule has 0 saturated heterocycles. The molecule has 0 unspecified atom stereocenters. The lowest BCUT2D eigenvalue weighted by Crippen LogP contribution is -2.20. The van der Waals surface area contributed by atoms with Gasteiger partial charge in [-0.3, -0.25) is 0 Å². The van der Waals surface area contributed by atoms with Crippen LogP contribution in [0, 0.1) is 5.41 Å². The zero-order chi connectivity index (χ0) is 10.7. The Morgan fingerprint density at radius 1 is 0.933 bits per heavy atom. The van der Waals surface area contributed by atoms with Crippen LogP contribution in [0.3, 0.4) is 0 Å². The number of hydrogen-bond acceptors (Lipinski definition) is 0. The van der Waals surface area contributed by atoms with Crippen molar-refractivity contribution >= 4 is 0 Å². The molecule has 0 saturated carbocycles. The van der Waals surface area contributed by atoms with Gasteiger partial charge in [-0.05, 0) is 42.2 Å². The third-order valence-electron chi connectivity index (χ3n) is 3.81. The molecule has 0 N–H and O–H groups in total. The Morgan fingerprint density at radius 2 is 1.40 bits per heavy atom. The fourth-order valence-corrected chi connectivity index (χ4v) is 3.31. The van der Waals surface area contributed by atoms with Crippen molar-refractivity contribution in [3.8, 4) is 0 Å². The highest BCUT2D eigenvalue weighted by molar-refractivity contribution is 5.34. The van der Waals surface area contributed by atoms with Crippen LogP contribution in [-0.4, -0.2) is 0 Å². The second kappa shape index (κ2) is 4.38. The van der Waals surface area contributed by atoms with Crippen LogP contribution in [0.5, 0.6) is 0 Å². The predicted octanol–water partition coefficient (Wildman–Crippen LogP) is 4.37. The summed E-state index contributed by atoms with van der Waals surface area (Å²) in [6.07, 6.45) is 8.10. The van der Waals surface area contributed by atoms with E-state index in [-0.39, 0.29) is 0 Å². The molecular weight excluding hydrogens is 180 g/mol. The largest absolute Gasteiger partial charge is 0.0654 e. The van der Waals surface area contributed by atoms with Gasteiger partial charge in [-0.15, -0.1) is 0 Å². The van der Waals surface area contributed by atoms with Crippen LogP contribution in [0.25, 0.3) is 0 Å². The summed E-state index contributed by atoms with van der Waals surface area (Å²) in [6, 6.07) is 9.02. The maximum absolute atomic E-state index is 2.32. The summed E-state index contributed by atoms with van der Waals surface area (Å²) in [6.45, 7) is 4.64. The maximum Gasteiger partial charge on any atom is -0.0216 e. The smallest absolute Gasteiger partial charge is 0.0216 e. The molecule has 1 aromatic carbocycles. The number of fused-ring (bicyclic) bond motifs is 1. The first-order chi connectivity index (χ1) is 7.29. The van der Waals surface area contributed by atoms with Crippen molar-refractivity contribution in [2.75, 3.05) is 0 Å². The maximum atomic E-state index is 2.32. The second-order valence-corrected chi connectivity index (χ2v) is 5.12. The zero-order valence-corrected chi connectivity index (χ0v) is 10.1. The van der Waals surface area contributed by atoms with Crippen molar-refractivity contribution in [3.63, 3.8) is 0 Å². The van der Waals surface area contributed by atoms with Crippen molar-refractivity contribution in [3.05, 3.63) is 35.4 Å². The third kappa shape index (κ3) is 2.09. The van der Waals surface area contributed by atoms with E-state index in [0.717, 1.165) is 0 Å². The Balaban J connectivity index is 2.19. The van der Waals surface area contributed by atoms with Crippen LogP contribution >= 0.6 is 0 Å². The normalized spacial score (nSPS) is 17.7. The van der Waals surface area contributed by atoms with Gasteiger partial charge in [0.05, 0.1) is 0 Å². The molecule has 1 aliphatic carbocycles. The molecule has 0 radical (unpaired) electrons. The molecule has 15 heavy (non-hydrogen) atoms. The van der Waals surface area contributed by atoms with E-state index >= 15 is 0 Å². The summed E-state index contributed by atoms with van der Waals surface area (Å²) in [5, 5.41) is 0. The molecule has 0 heteroatoms. The summed E-state index contributed by atoms with van der Waals surface area (Å²) < 4.78 is 0. The first-order valence-corrected chi connectivity index (χ1v) is 6.36. The number of hydrogen-bond donors (Lipinski definition) is 0. The number of benzene rings is 1. The fraction of sp³-hybridized carbons (Fsp3) is 0.600. The first-order valence-electron chi connectivity index (χ1n) is 6.36. The van der Waals surface area contributed by atoms with E-state index < -0.39 is 0 Å². The monoisotopic (exact) mass is 202 g/mol. The van der Waals surface area contributed by atoms with Gasteiger partial charge in [0.25, 0.3) is 0 Å². The highest BCUT2D eigenvalue weighted by Gasteiger charge is 2.34. The molecule has 1 aromatic rings. The molecular formula is C15H22. The molecule has 0 spiro atoms. The van der Waals surface area contributed by atoms with E-state index in [1.165, 1.54) is 38.5 Å². The van der Waals surface area contributed by atoms with Crippen LogP contribution in [0.4, 0.5) is 0 Å². The van der Waals surface area contributed by atoms with Gasteiger partial charge >= 0.3 is 0 Å². The standard InChI is InChI=1S/C15H22/c1-3-9-15(10-4-2)11-13-7-5-6-8-14(13)12-15/h5-8H,3-4,9-12H2,1-2H3. The van der Waals surface area contributed by atoms with Crippen molar-refractivity contribution in [2.45, 2.75) is 52.4 Å². The van der Waals surface area contributed by atoms with Gasteiger partial charge < -0.3 is 0 Å². The minimum absolute atomic E-state index is 0.604. The average molecular weight is 202 g/mol. The van der Waals surface area contributed by atoms with E-state index in [1.54, 1.807) is 11.1 Å². The minimum Gasteiger partial charge on any atom is -0.0654 e. The van der Waals surface area contributed by atoms with E-state index in [1.807, 2.05) is 0 Å². The van der Waals surface area contributed by atoms with Crippen LogP contribution in [-0.2, 0) is 12.8 Å². The Labute approximate surface area is 93.7 Å². The Kier molecular flexibility index (Phi) is 3.14. The minimum atomic E-state index is 0.604. The molecule has 0 amide bonds. The van der Waals surface area contributed by atoms with Gasteiger partial charge in [-0.25, -0.2) is 0 Å². The SMILES string of the molecule is CCCC1(CCC)Cc2ccccc2C1. The van der Waals surface area contributed by atoms with Gasteiger partial charge in [-0.2, -0.15) is 0 Å². The van der Waals surface area contributed by atoms with Crippen LogP contribution in [0.1, 0.15) is 50.7 Å². The van der Waals surface area contributed by atoms with E-state index in [0.29, 0.717) is 5.41 Å². The molecule has 0 nitrogen and oxygen atoms in total. The quantitative estimate of drug-likeness (QED) is 0.680. The van der Waals surface area contributed by atoms with Gasteiger partial charge in [-0.1, -0.05) is 51.0 Å². The van der Waals surface area contributed by atoms with E-state index in [9.17, 15) is 0 Å². The lowest BCUT2D eigenvalue weighted by atomic mass is 9.77. The van der Waals surface area contributed by atoms with Crippen LogP contribution in [0.15, 0.2) is 24.3 Å². The van der Waals surface area contributed by atoms with Crippen molar-refractivity contribution in [1.29, 1.82) is 0 Å². The molecule has 0 bridgehead atoms. The predicted molar refractivity (Wildman–Crippen MR) is 66.1 cm³/mol. The van der Waals surface area contributed by atoms with Gasteiger partial charge in [0.15, 0.2) is 0 Å². The molecule has 0 fully saturated rings. The topological polar surface area (TPSA) is 0 Å². The zero-order valence-electron chi connectivity index (χ0n) is 10.1. The summed E-state index contributed by atoms with van der Waals surface area (Å²) in [7, 11) is 0. The Morgan fingerprint density at radius 3 is 1.80 bits per heavy atom. The summed E-state index contributed by atoms with van der Waals surface area (Å²) in [5.74, 6) is 0. The highest BCUT2D eigenvalue weighted by Crippen LogP contribution is 2.43. The summed E-state index contributed by atoms with van der Waals surface area (Å²) >= 11 is 0. The van der Waals surface area contributed by atoms with Gasteiger partial charge in [0.1, 0.15) is 0 Å². The molecule has 1 aliphatic rings. The summed E-state index contributed by atoms with van der Waals surface area (Å²) in [4.78, 5) is 0. The van der Waals surface area contributed by atoms with E-state index in [2.05, 4.69) is 38.1 Å². The lowest BCUT2D eigenvalue weighted by Gasteiger charge is -2.28. The first kappa shape index (κ1) is 10.7.